The molecule has 1 heterocycles. The molecule has 0 aliphatic rings. The van der Waals surface area contributed by atoms with Gasteiger partial charge in [-0.05, 0) is 84.2 Å². The number of benzene rings is 8. The summed E-state index contributed by atoms with van der Waals surface area (Å²) in [6.07, 6.45) is 0. The van der Waals surface area contributed by atoms with E-state index in [1.165, 1.54) is 0 Å². The van der Waals surface area contributed by atoms with Gasteiger partial charge in [-0.15, -0.1) is 0 Å². The topological polar surface area (TPSA) is 13.1 Å². The van der Waals surface area contributed by atoms with E-state index in [-0.39, 0.29) is 44.7 Å². The highest BCUT2D eigenvalue weighted by Gasteiger charge is 2.21. The zero-order valence-corrected chi connectivity index (χ0v) is 23.7. The lowest BCUT2D eigenvalue weighted by atomic mass is 9.84. The third-order valence-electron chi connectivity index (χ3n) is 8.28. The highest BCUT2D eigenvalue weighted by atomic mass is 16.3. The van der Waals surface area contributed by atoms with Crippen molar-refractivity contribution in [2.75, 3.05) is 0 Å². The van der Waals surface area contributed by atoms with Crippen LogP contribution >= 0.6 is 0 Å². The molecule has 210 valence electrons. The first-order chi connectivity index (χ1) is 26.9. The van der Waals surface area contributed by atoms with Gasteiger partial charge in [0.25, 0.3) is 0 Å². The van der Waals surface area contributed by atoms with Crippen LogP contribution < -0.4 is 0 Å². The Morgan fingerprint density at radius 1 is 0.378 bits per heavy atom. The summed E-state index contributed by atoms with van der Waals surface area (Å²) in [5.41, 5.74) is 3.55. The molecule has 0 unspecified atom stereocenters. The highest BCUT2D eigenvalue weighted by Crippen LogP contribution is 2.48. The predicted octanol–water partition coefficient (Wildman–Crippen LogP) is 12.6. The summed E-state index contributed by atoms with van der Waals surface area (Å²) in [5.74, 6) is 0. The minimum absolute atomic E-state index is 0.0237. The van der Waals surface area contributed by atoms with Crippen LogP contribution in [0.4, 0.5) is 0 Å². The van der Waals surface area contributed by atoms with Gasteiger partial charge in [0.15, 0.2) is 0 Å². The van der Waals surface area contributed by atoms with Gasteiger partial charge in [-0.1, -0.05) is 151 Å². The van der Waals surface area contributed by atoms with Crippen molar-refractivity contribution in [1.29, 1.82) is 0 Å². The lowest BCUT2D eigenvalue weighted by molar-refractivity contribution is 0.669. The minimum atomic E-state index is -0.635. The molecule has 0 saturated heterocycles. The molecular formula is C44H28O. The van der Waals surface area contributed by atoms with Gasteiger partial charge < -0.3 is 4.42 Å². The van der Waals surface area contributed by atoms with Gasteiger partial charge in [-0.25, -0.2) is 0 Å². The third-order valence-corrected chi connectivity index (χ3v) is 8.28. The molecule has 0 aliphatic carbocycles. The molecule has 0 bridgehead atoms. The molecule has 1 heteroatoms. The second-order valence-corrected chi connectivity index (χ2v) is 10.8. The van der Waals surface area contributed by atoms with Gasteiger partial charge >= 0.3 is 0 Å². The van der Waals surface area contributed by atoms with Crippen LogP contribution in [0.1, 0.15) is 15.1 Å². The van der Waals surface area contributed by atoms with E-state index in [9.17, 15) is 2.74 Å². The molecule has 45 heavy (non-hydrogen) atoms. The fourth-order valence-corrected chi connectivity index (χ4v) is 6.34. The minimum Gasteiger partial charge on any atom is -0.456 e. The largest absolute Gasteiger partial charge is 0.456 e. The Morgan fingerprint density at radius 3 is 1.62 bits per heavy atom. The van der Waals surface area contributed by atoms with E-state index >= 15 is 0 Å². The van der Waals surface area contributed by atoms with E-state index in [0.717, 1.165) is 33.0 Å². The molecule has 0 atom stereocenters. The Hall–Kier alpha value is -5.92. The number of rotatable bonds is 4. The Balaban J connectivity index is 1.48. The van der Waals surface area contributed by atoms with Gasteiger partial charge in [-0.3, -0.25) is 0 Å². The summed E-state index contributed by atoms with van der Waals surface area (Å²) in [6.45, 7) is 0. The summed E-state index contributed by atoms with van der Waals surface area (Å²) in [6, 6.07) is 27.7. The maximum Gasteiger partial charge on any atom is 0.136 e. The van der Waals surface area contributed by atoms with Gasteiger partial charge in [0, 0.05) is 10.8 Å². The first kappa shape index (κ1) is 16.8. The normalized spacial score (nSPS) is 15.0. The average Bonchev–Trinajstić information content (AvgIpc) is 3.63. The van der Waals surface area contributed by atoms with Crippen molar-refractivity contribution in [3.63, 3.8) is 0 Å². The van der Waals surface area contributed by atoms with E-state index in [4.69, 9.17) is 16.8 Å². The Bertz CT molecular complexity index is 3050. The van der Waals surface area contributed by atoms with Crippen LogP contribution in [0.15, 0.2) is 174 Å². The monoisotopic (exact) mass is 583 g/mol. The molecule has 8 aromatic carbocycles. The van der Waals surface area contributed by atoms with Crippen LogP contribution in [0.5, 0.6) is 0 Å². The molecule has 9 aromatic rings. The van der Waals surface area contributed by atoms with Crippen molar-refractivity contribution in [2.24, 2.45) is 0 Å². The van der Waals surface area contributed by atoms with Crippen molar-refractivity contribution < 1.29 is 19.5 Å². The second-order valence-electron chi connectivity index (χ2n) is 10.8. The molecular weight excluding hydrogens is 544 g/mol. The number of para-hydroxylation sites is 1. The zero-order valence-electron chi connectivity index (χ0n) is 34.7. The maximum atomic E-state index is 9.95. The Kier molecular flexibility index (Phi) is 3.87. The summed E-state index contributed by atoms with van der Waals surface area (Å²) in [4.78, 5) is 0. The molecule has 9 rings (SSSR count). The standard InChI is InChI=1S/C44H28O/c1-3-13-29(14-4-1)31-23-25-32(26-24-31)42-34-17-7-9-19-36(34)43(37-20-10-8-18-35(37)42)39-27-33(30-15-5-2-6-16-30)28-41-44(39)38-21-11-12-22-40(38)45-41/h1-28H/i2D,5D,6D,11D,12D,15D,16D,21D,22D,27D,28D. The smallest absolute Gasteiger partial charge is 0.136 e. The summed E-state index contributed by atoms with van der Waals surface area (Å²) < 4.78 is 103. The lowest BCUT2D eigenvalue weighted by Gasteiger charge is -2.19. The summed E-state index contributed by atoms with van der Waals surface area (Å²) in [5, 5.41) is 3.06. The quantitative estimate of drug-likeness (QED) is 0.188. The van der Waals surface area contributed by atoms with E-state index in [0.29, 0.717) is 16.3 Å². The fourth-order valence-electron chi connectivity index (χ4n) is 6.34. The molecule has 0 spiro atoms. The van der Waals surface area contributed by atoms with Crippen LogP contribution in [-0.2, 0) is 0 Å². The van der Waals surface area contributed by atoms with Crippen molar-refractivity contribution in [2.45, 2.75) is 0 Å². The van der Waals surface area contributed by atoms with Gasteiger partial charge in [-0.2, -0.15) is 0 Å². The van der Waals surface area contributed by atoms with Crippen LogP contribution in [0.2, 0.25) is 0 Å². The third kappa shape index (κ3) is 4.17. The Morgan fingerprint density at radius 2 is 0.933 bits per heavy atom. The second kappa shape index (κ2) is 10.4. The lowest BCUT2D eigenvalue weighted by Crippen LogP contribution is -1.92. The average molecular weight is 584 g/mol. The van der Waals surface area contributed by atoms with Crippen LogP contribution in [0, 0.1) is 0 Å². The van der Waals surface area contributed by atoms with Crippen molar-refractivity contribution in [3.8, 4) is 44.5 Å². The van der Waals surface area contributed by atoms with E-state index < -0.39 is 60.4 Å². The predicted molar refractivity (Wildman–Crippen MR) is 190 cm³/mol. The fraction of sp³-hybridized carbons (Fsp3) is 0. The van der Waals surface area contributed by atoms with Crippen LogP contribution in [0.25, 0.3) is 88.0 Å². The molecule has 0 saturated carbocycles. The van der Waals surface area contributed by atoms with E-state index in [1.807, 2.05) is 66.7 Å². The molecule has 1 nitrogen and oxygen atoms in total. The number of hydrogen-bond donors (Lipinski definition) is 0. The first-order valence-electron chi connectivity index (χ1n) is 20.0. The molecule has 0 N–H and O–H groups in total. The van der Waals surface area contributed by atoms with Crippen molar-refractivity contribution >= 4 is 43.5 Å². The first-order valence-corrected chi connectivity index (χ1v) is 14.5. The maximum absolute atomic E-state index is 9.95. The van der Waals surface area contributed by atoms with Crippen LogP contribution in [-0.4, -0.2) is 0 Å². The highest BCUT2D eigenvalue weighted by molar-refractivity contribution is 6.26. The van der Waals surface area contributed by atoms with E-state index in [2.05, 4.69) is 36.4 Å². The molecule has 0 aliphatic heterocycles. The van der Waals surface area contributed by atoms with Crippen molar-refractivity contribution in [3.05, 3.63) is 170 Å². The number of furan rings is 1. The zero-order chi connectivity index (χ0) is 39.3. The van der Waals surface area contributed by atoms with Gasteiger partial charge in [0.05, 0.1) is 15.1 Å². The summed E-state index contributed by atoms with van der Waals surface area (Å²) >= 11 is 0. The molecule has 0 amide bonds. The molecule has 1 aromatic heterocycles. The molecule has 0 radical (unpaired) electrons. The van der Waals surface area contributed by atoms with Gasteiger partial charge in [0.1, 0.15) is 11.2 Å². The van der Waals surface area contributed by atoms with E-state index in [1.54, 1.807) is 0 Å². The van der Waals surface area contributed by atoms with Crippen LogP contribution in [0.3, 0.4) is 0 Å². The number of hydrogen-bond acceptors (Lipinski definition) is 1. The molecule has 0 fully saturated rings. The number of fused-ring (bicyclic) bond motifs is 5. The van der Waals surface area contributed by atoms with Crippen molar-refractivity contribution in [1.82, 2.24) is 0 Å². The Labute approximate surface area is 277 Å². The van der Waals surface area contributed by atoms with Gasteiger partial charge in [0.2, 0.25) is 0 Å². The SMILES string of the molecule is [2H]c1c([2H])c([2H])c(-c2c([2H])c(-c3c4ccccc4c(-c4ccc(-c5ccccc5)cc4)c4ccccc34)c3c(oc4c([2H])c([2H])c([2H])c([2H])c43)c2[2H])c([2H])c1[2H]. The summed E-state index contributed by atoms with van der Waals surface area (Å²) in [7, 11) is 0.